The van der Waals surface area contributed by atoms with Crippen molar-refractivity contribution in [2.75, 3.05) is 27.9 Å². The van der Waals surface area contributed by atoms with Gasteiger partial charge in [-0.2, -0.15) is 0 Å². The average Bonchev–Trinajstić information content (AvgIpc) is 2.77. The fraction of sp³-hybridized carbons (Fsp3) is 0.292. The van der Waals surface area contributed by atoms with Crippen LogP contribution in [-0.2, 0) is 16.1 Å². The Hall–Kier alpha value is -3.61. The standard InChI is InChI=1S/C24H26N2O5/c1-15-6-7-22-20(8-15)21(9-16(2)25-22)24(28)26(14-23(27)31-5)13-17-10-18(29-3)12-19(11-17)30-4/h6-12H,13-14H2,1-5H3. The lowest BCUT2D eigenvalue weighted by atomic mass is 10.0. The van der Waals surface area contributed by atoms with Gasteiger partial charge in [0.2, 0.25) is 0 Å². The lowest BCUT2D eigenvalue weighted by Crippen LogP contribution is -2.36. The first-order chi connectivity index (χ1) is 14.8. The van der Waals surface area contributed by atoms with Crippen LogP contribution in [0.3, 0.4) is 0 Å². The van der Waals surface area contributed by atoms with Gasteiger partial charge in [-0.05, 0) is 49.7 Å². The van der Waals surface area contributed by atoms with Crippen LogP contribution >= 0.6 is 0 Å². The molecule has 3 rings (SSSR count). The Bertz CT molecular complexity index is 1100. The summed E-state index contributed by atoms with van der Waals surface area (Å²) in [6.45, 7) is 3.79. The molecule has 2 aromatic carbocycles. The van der Waals surface area contributed by atoms with E-state index in [-0.39, 0.29) is 19.0 Å². The molecule has 7 heteroatoms. The SMILES string of the molecule is COC(=O)CN(Cc1cc(OC)cc(OC)c1)C(=O)c1cc(C)nc2ccc(C)cc12. The molecule has 0 spiro atoms. The van der Waals surface area contributed by atoms with Gasteiger partial charge in [-0.1, -0.05) is 11.6 Å². The van der Waals surface area contributed by atoms with Gasteiger partial charge >= 0.3 is 5.97 Å². The van der Waals surface area contributed by atoms with E-state index in [0.717, 1.165) is 27.7 Å². The molecule has 31 heavy (non-hydrogen) atoms. The molecule has 0 aliphatic rings. The molecule has 0 fully saturated rings. The van der Waals surface area contributed by atoms with Crippen LogP contribution in [0.1, 0.15) is 27.2 Å². The van der Waals surface area contributed by atoms with Crippen LogP contribution in [0, 0.1) is 13.8 Å². The van der Waals surface area contributed by atoms with Crippen molar-refractivity contribution < 1.29 is 23.8 Å². The number of pyridine rings is 1. The van der Waals surface area contributed by atoms with Gasteiger partial charge in [0.05, 0.1) is 32.4 Å². The molecular formula is C24H26N2O5. The van der Waals surface area contributed by atoms with E-state index in [1.165, 1.54) is 12.0 Å². The zero-order chi connectivity index (χ0) is 22.5. The molecule has 0 bridgehead atoms. The molecule has 7 nitrogen and oxygen atoms in total. The number of amides is 1. The first kappa shape index (κ1) is 22.1. The highest BCUT2D eigenvalue weighted by molar-refractivity contribution is 6.07. The predicted octanol–water partition coefficient (Wildman–Crippen LogP) is 3.68. The number of hydrogen-bond acceptors (Lipinski definition) is 6. The van der Waals surface area contributed by atoms with Crippen molar-refractivity contribution in [1.29, 1.82) is 0 Å². The highest BCUT2D eigenvalue weighted by atomic mass is 16.5. The highest BCUT2D eigenvalue weighted by Gasteiger charge is 2.23. The lowest BCUT2D eigenvalue weighted by Gasteiger charge is -2.23. The fourth-order valence-corrected chi connectivity index (χ4v) is 3.42. The van der Waals surface area contributed by atoms with E-state index in [2.05, 4.69) is 4.98 Å². The van der Waals surface area contributed by atoms with E-state index in [0.29, 0.717) is 17.1 Å². The third-order valence-electron chi connectivity index (χ3n) is 4.94. The van der Waals surface area contributed by atoms with Gasteiger partial charge in [0.15, 0.2) is 0 Å². The molecule has 162 valence electrons. The minimum absolute atomic E-state index is 0.177. The van der Waals surface area contributed by atoms with Gasteiger partial charge in [0.25, 0.3) is 5.91 Å². The predicted molar refractivity (Wildman–Crippen MR) is 118 cm³/mol. The number of methoxy groups -OCH3 is 3. The van der Waals surface area contributed by atoms with Crippen LogP contribution in [-0.4, -0.2) is 49.6 Å². The van der Waals surface area contributed by atoms with Crippen LogP contribution in [0.5, 0.6) is 11.5 Å². The minimum atomic E-state index is -0.505. The Labute approximate surface area is 181 Å². The Morgan fingerprint density at radius 1 is 0.935 bits per heavy atom. The molecule has 0 aliphatic carbocycles. The second-order valence-electron chi connectivity index (χ2n) is 7.29. The second-order valence-corrected chi connectivity index (χ2v) is 7.29. The normalized spacial score (nSPS) is 10.6. The van der Waals surface area contributed by atoms with Crippen molar-refractivity contribution >= 4 is 22.8 Å². The molecule has 0 N–H and O–H groups in total. The van der Waals surface area contributed by atoms with Crippen molar-refractivity contribution in [2.45, 2.75) is 20.4 Å². The molecule has 1 amide bonds. The smallest absolute Gasteiger partial charge is 0.325 e. The molecule has 0 radical (unpaired) electrons. The number of aryl methyl sites for hydroxylation is 2. The van der Waals surface area contributed by atoms with Crippen molar-refractivity contribution in [3.8, 4) is 11.5 Å². The molecule has 0 saturated heterocycles. The maximum atomic E-state index is 13.6. The molecular weight excluding hydrogens is 396 g/mol. The number of carbonyl (C=O) groups excluding carboxylic acids is 2. The Morgan fingerprint density at radius 3 is 2.23 bits per heavy atom. The first-order valence-electron chi connectivity index (χ1n) is 9.80. The monoisotopic (exact) mass is 422 g/mol. The van der Waals surface area contributed by atoms with Gasteiger partial charge < -0.3 is 19.1 Å². The van der Waals surface area contributed by atoms with Crippen molar-refractivity contribution in [2.24, 2.45) is 0 Å². The van der Waals surface area contributed by atoms with Crippen LogP contribution in [0.25, 0.3) is 10.9 Å². The summed E-state index contributed by atoms with van der Waals surface area (Å²) in [4.78, 5) is 31.7. The van der Waals surface area contributed by atoms with Crippen LogP contribution in [0.2, 0.25) is 0 Å². The summed E-state index contributed by atoms with van der Waals surface area (Å²) in [7, 11) is 4.42. The Balaban J connectivity index is 2.05. The zero-order valence-corrected chi connectivity index (χ0v) is 18.4. The van der Waals surface area contributed by atoms with Gasteiger partial charge in [0, 0.05) is 23.7 Å². The molecule has 0 saturated carbocycles. The average molecular weight is 422 g/mol. The number of ether oxygens (including phenoxy) is 3. The maximum absolute atomic E-state index is 13.6. The van der Waals surface area contributed by atoms with Crippen molar-refractivity contribution in [3.63, 3.8) is 0 Å². The minimum Gasteiger partial charge on any atom is -0.497 e. The summed E-state index contributed by atoms with van der Waals surface area (Å²) in [6.07, 6.45) is 0. The Morgan fingerprint density at radius 2 is 1.61 bits per heavy atom. The number of aromatic nitrogens is 1. The summed E-state index contributed by atoms with van der Waals surface area (Å²) in [6, 6.07) is 12.9. The summed E-state index contributed by atoms with van der Waals surface area (Å²) in [5.41, 5.74) is 3.73. The van der Waals surface area contributed by atoms with Crippen molar-refractivity contribution in [1.82, 2.24) is 9.88 Å². The third-order valence-corrected chi connectivity index (χ3v) is 4.94. The van der Waals surface area contributed by atoms with E-state index in [4.69, 9.17) is 14.2 Å². The van der Waals surface area contributed by atoms with E-state index < -0.39 is 5.97 Å². The van der Waals surface area contributed by atoms with E-state index in [1.807, 2.05) is 32.0 Å². The van der Waals surface area contributed by atoms with Crippen LogP contribution < -0.4 is 9.47 Å². The number of nitrogens with zero attached hydrogens (tertiary/aromatic N) is 2. The summed E-state index contributed by atoms with van der Waals surface area (Å²) < 4.78 is 15.5. The van der Waals surface area contributed by atoms with Gasteiger partial charge in [-0.3, -0.25) is 14.6 Å². The van der Waals surface area contributed by atoms with Gasteiger partial charge in [-0.25, -0.2) is 0 Å². The second kappa shape index (κ2) is 9.47. The number of esters is 1. The number of carbonyl (C=O) groups is 2. The van der Waals surface area contributed by atoms with Gasteiger partial charge in [0.1, 0.15) is 18.0 Å². The number of rotatable bonds is 7. The number of hydrogen-bond donors (Lipinski definition) is 0. The molecule has 0 aliphatic heterocycles. The van der Waals surface area contributed by atoms with Crippen LogP contribution in [0.15, 0.2) is 42.5 Å². The van der Waals surface area contributed by atoms with E-state index in [9.17, 15) is 9.59 Å². The first-order valence-corrected chi connectivity index (χ1v) is 9.80. The van der Waals surface area contributed by atoms with Crippen molar-refractivity contribution in [3.05, 3.63) is 64.8 Å². The molecule has 0 unspecified atom stereocenters. The maximum Gasteiger partial charge on any atom is 0.325 e. The quantitative estimate of drug-likeness (QED) is 0.541. The molecule has 1 heterocycles. The molecule has 0 atom stereocenters. The van der Waals surface area contributed by atoms with E-state index >= 15 is 0 Å². The van der Waals surface area contributed by atoms with E-state index in [1.54, 1.807) is 38.5 Å². The Kier molecular flexibility index (Phi) is 6.74. The third kappa shape index (κ3) is 5.12. The largest absolute Gasteiger partial charge is 0.497 e. The fourth-order valence-electron chi connectivity index (χ4n) is 3.42. The summed E-state index contributed by atoms with van der Waals surface area (Å²) in [5, 5.41) is 0.744. The summed E-state index contributed by atoms with van der Waals surface area (Å²) in [5.74, 6) is 0.407. The number of fused-ring (bicyclic) bond motifs is 1. The summed E-state index contributed by atoms with van der Waals surface area (Å²) >= 11 is 0. The zero-order valence-electron chi connectivity index (χ0n) is 18.4. The number of benzene rings is 2. The van der Waals surface area contributed by atoms with Gasteiger partial charge in [-0.15, -0.1) is 0 Å². The lowest BCUT2D eigenvalue weighted by molar-refractivity contribution is -0.141. The topological polar surface area (TPSA) is 78.0 Å². The van der Waals surface area contributed by atoms with Crippen LogP contribution in [0.4, 0.5) is 0 Å². The highest BCUT2D eigenvalue weighted by Crippen LogP contribution is 2.26. The molecule has 3 aromatic rings. The molecule has 1 aromatic heterocycles.